The van der Waals surface area contributed by atoms with Gasteiger partial charge in [-0.25, -0.2) is 0 Å². The molecule has 3 rings (SSSR count). The fraction of sp³-hybridized carbons (Fsp3) is 0.435. The number of hydrogen-bond donors (Lipinski definition) is 0. The predicted molar refractivity (Wildman–Crippen MR) is 112 cm³/mol. The first-order valence-electron chi connectivity index (χ1n) is 9.87. The Morgan fingerprint density at radius 2 is 1.56 bits per heavy atom. The summed E-state index contributed by atoms with van der Waals surface area (Å²) in [4.78, 5) is 11.7. The highest BCUT2D eigenvalue weighted by molar-refractivity contribution is 6.99. The van der Waals surface area contributed by atoms with Crippen molar-refractivity contribution in [1.29, 1.82) is 0 Å². The minimum Gasteiger partial charge on any atom is -0.460 e. The van der Waals surface area contributed by atoms with E-state index in [1.807, 2.05) is 12.1 Å². The van der Waals surface area contributed by atoms with Crippen LogP contribution in [-0.4, -0.2) is 26.5 Å². The number of ether oxygens (including phenoxy) is 1. The molecule has 0 aliphatic carbocycles. The first-order valence-corrected chi connectivity index (χ1v) is 11.8. The molecule has 0 saturated carbocycles. The third kappa shape index (κ3) is 3.87. The van der Waals surface area contributed by atoms with Gasteiger partial charge in [-0.15, -0.1) is 0 Å². The molecule has 0 N–H and O–H groups in total. The molecular weight excluding hydrogens is 352 g/mol. The quantitative estimate of drug-likeness (QED) is 0.559. The maximum atomic E-state index is 11.7. The second-order valence-corrected chi connectivity index (χ2v) is 12.5. The van der Waals surface area contributed by atoms with Crippen LogP contribution in [0.3, 0.4) is 0 Å². The summed E-state index contributed by atoms with van der Waals surface area (Å²) < 4.78 is 12.7. The zero-order valence-corrected chi connectivity index (χ0v) is 17.8. The summed E-state index contributed by atoms with van der Waals surface area (Å²) in [7, 11) is -2.61. The van der Waals surface area contributed by atoms with Crippen LogP contribution in [0.15, 0.2) is 60.7 Å². The molecule has 0 spiro atoms. The van der Waals surface area contributed by atoms with Gasteiger partial charge in [0.05, 0.1) is 6.10 Å². The first-order chi connectivity index (χ1) is 12.9. The van der Waals surface area contributed by atoms with Gasteiger partial charge in [0, 0.05) is 6.42 Å². The van der Waals surface area contributed by atoms with Gasteiger partial charge in [0.1, 0.15) is 6.10 Å². The molecule has 0 amide bonds. The van der Waals surface area contributed by atoms with Gasteiger partial charge in [0.2, 0.25) is 0 Å². The van der Waals surface area contributed by atoms with E-state index in [1.165, 1.54) is 10.4 Å². The van der Waals surface area contributed by atoms with E-state index in [1.54, 1.807) is 0 Å². The molecule has 3 nitrogen and oxygen atoms in total. The highest BCUT2D eigenvalue weighted by Crippen LogP contribution is 2.39. The van der Waals surface area contributed by atoms with E-state index in [4.69, 9.17) is 9.16 Å². The summed E-state index contributed by atoms with van der Waals surface area (Å²) in [6, 6.07) is 21.2. The molecule has 1 saturated heterocycles. The molecule has 144 valence electrons. The Balaban J connectivity index is 2.12. The highest BCUT2D eigenvalue weighted by atomic mass is 28.4. The summed E-state index contributed by atoms with van der Waals surface area (Å²) in [5, 5.41) is 2.43. The zero-order chi connectivity index (χ0) is 19.5. The van der Waals surface area contributed by atoms with E-state index in [0.717, 1.165) is 12.8 Å². The van der Waals surface area contributed by atoms with E-state index in [2.05, 4.69) is 76.2 Å². The molecule has 1 heterocycles. The minimum atomic E-state index is -2.61. The molecule has 1 aliphatic rings. The average Bonchev–Trinajstić information content (AvgIpc) is 3.09. The molecule has 2 aromatic carbocycles. The van der Waals surface area contributed by atoms with Gasteiger partial charge in [-0.1, -0.05) is 88.4 Å². The van der Waals surface area contributed by atoms with Crippen molar-refractivity contribution < 1.29 is 14.0 Å². The summed E-state index contributed by atoms with van der Waals surface area (Å²) in [6.45, 7) is 8.93. The van der Waals surface area contributed by atoms with Gasteiger partial charge in [-0.05, 0) is 28.3 Å². The second-order valence-electron chi connectivity index (χ2n) is 8.29. The number of carbonyl (C=O) groups is 1. The SMILES string of the molecule is CC[C@@H](O[Si](c1ccccc1)(c1ccccc1)C(C)(C)C)[C@H]1CCC(=O)O1. The van der Waals surface area contributed by atoms with Gasteiger partial charge in [0.25, 0.3) is 8.32 Å². The van der Waals surface area contributed by atoms with Crippen LogP contribution in [0.1, 0.15) is 47.0 Å². The minimum absolute atomic E-state index is 0.0776. The van der Waals surface area contributed by atoms with Crippen LogP contribution in [0, 0.1) is 0 Å². The number of cyclic esters (lactones) is 1. The Kier molecular flexibility index (Phi) is 5.87. The van der Waals surface area contributed by atoms with Gasteiger partial charge < -0.3 is 9.16 Å². The van der Waals surface area contributed by atoms with E-state index in [0.29, 0.717) is 6.42 Å². The number of rotatable bonds is 6. The molecule has 4 heteroatoms. The molecule has 0 unspecified atom stereocenters. The molecule has 2 aromatic rings. The Hall–Kier alpha value is -1.91. The summed E-state index contributed by atoms with van der Waals surface area (Å²) in [5.41, 5.74) is 0. The predicted octanol–water partition coefficient (Wildman–Crippen LogP) is 4.05. The van der Waals surface area contributed by atoms with Crippen molar-refractivity contribution >= 4 is 24.7 Å². The van der Waals surface area contributed by atoms with Crippen molar-refractivity contribution in [2.75, 3.05) is 0 Å². The lowest BCUT2D eigenvalue weighted by atomic mass is 10.1. The van der Waals surface area contributed by atoms with Gasteiger partial charge in [-0.3, -0.25) is 4.79 Å². The van der Waals surface area contributed by atoms with Crippen LogP contribution >= 0.6 is 0 Å². The van der Waals surface area contributed by atoms with Gasteiger partial charge >= 0.3 is 5.97 Å². The maximum Gasteiger partial charge on any atom is 0.306 e. The van der Waals surface area contributed by atoms with Crippen LogP contribution in [-0.2, 0) is 14.0 Å². The fourth-order valence-electron chi connectivity index (χ4n) is 4.15. The van der Waals surface area contributed by atoms with Crippen molar-refractivity contribution in [2.24, 2.45) is 0 Å². The van der Waals surface area contributed by atoms with Gasteiger partial charge in [-0.2, -0.15) is 0 Å². The molecular formula is C23H30O3Si. The highest BCUT2D eigenvalue weighted by Gasteiger charge is 2.52. The van der Waals surface area contributed by atoms with Gasteiger partial charge in [0.15, 0.2) is 0 Å². The van der Waals surface area contributed by atoms with Crippen LogP contribution in [0.25, 0.3) is 0 Å². The van der Waals surface area contributed by atoms with Crippen molar-refractivity contribution in [3.8, 4) is 0 Å². The van der Waals surface area contributed by atoms with Crippen LogP contribution in [0.2, 0.25) is 5.04 Å². The second kappa shape index (κ2) is 7.99. The van der Waals surface area contributed by atoms with Crippen LogP contribution in [0.4, 0.5) is 0 Å². The third-order valence-corrected chi connectivity index (χ3v) is 10.5. The number of benzene rings is 2. The fourth-order valence-corrected chi connectivity index (χ4v) is 8.94. The summed E-state index contributed by atoms with van der Waals surface area (Å²) in [5.74, 6) is -0.107. The van der Waals surface area contributed by atoms with Crippen LogP contribution < -0.4 is 10.4 Å². The summed E-state index contributed by atoms with van der Waals surface area (Å²) >= 11 is 0. The molecule has 27 heavy (non-hydrogen) atoms. The lowest BCUT2D eigenvalue weighted by molar-refractivity contribution is -0.144. The van der Waals surface area contributed by atoms with Crippen molar-refractivity contribution in [1.82, 2.24) is 0 Å². The summed E-state index contributed by atoms with van der Waals surface area (Å²) in [6.07, 6.45) is 1.82. The number of hydrogen-bond acceptors (Lipinski definition) is 3. The van der Waals surface area contributed by atoms with Crippen molar-refractivity contribution in [3.05, 3.63) is 60.7 Å². The topological polar surface area (TPSA) is 35.5 Å². The van der Waals surface area contributed by atoms with Crippen LogP contribution in [0.5, 0.6) is 0 Å². The van der Waals surface area contributed by atoms with E-state index in [-0.39, 0.29) is 23.2 Å². The third-order valence-electron chi connectivity index (χ3n) is 5.48. The monoisotopic (exact) mass is 382 g/mol. The molecule has 0 radical (unpaired) electrons. The molecule has 1 fully saturated rings. The Morgan fingerprint density at radius 1 is 1.04 bits per heavy atom. The lowest BCUT2D eigenvalue weighted by Crippen LogP contribution is -2.68. The van der Waals surface area contributed by atoms with Crippen molar-refractivity contribution in [3.63, 3.8) is 0 Å². The van der Waals surface area contributed by atoms with Crippen molar-refractivity contribution in [2.45, 2.75) is 64.2 Å². The van der Waals surface area contributed by atoms with E-state index < -0.39 is 8.32 Å². The van der Waals surface area contributed by atoms with E-state index in [9.17, 15) is 4.79 Å². The Morgan fingerprint density at radius 3 is 1.93 bits per heavy atom. The molecule has 2 atom stereocenters. The lowest BCUT2D eigenvalue weighted by Gasteiger charge is -2.45. The normalized spacial score (nSPS) is 19.0. The maximum absolute atomic E-state index is 11.7. The smallest absolute Gasteiger partial charge is 0.306 e. The Bertz CT molecular complexity index is 713. The number of esters is 1. The number of carbonyl (C=O) groups excluding carboxylic acids is 1. The molecule has 0 aromatic heterocycles. The molecule has 1 aliphatic heterocycles. The van der Waals surface area contributed by atoms with E-state index >= 15 is 0 Å². The zero-order valence-electron chi connectivity index (χ0n) is 16.8. The largest absolute Gasteiger partial charge is 0.460 e. The standard InChI is InChI=1S/C23H30O3Si/c1-5-20(21-16-17-22(24)25-21)26-27(23(2,3)4,18-12-8-6-9-13-18)19-14-10-7-11-15-19/h6-15,20-21H,5,16-17H2,1-4H3/t20-,21-/m1/s1. The molecule has 0 bridgehead atoms. The first kappa shape index (κ1) is 19.8. The Labute approximate surface area is 163 Å². The average molecular weight is 383 g/mol.